The predicted octanol–water partition coefficient (Wildman–Crippen LogP) is -0.0438. The van der Waals surface area contributed by atoms with Crippen LogP contribution in [0.2, 0.25) is 0 Å². The SMILES string of the molecule is CN[C@H]1C[C@]1(C)NC. The summed E-state index contributed by atoms with van der Waals surface area (Å²) >= 11 is 0. The van der Waals surface area contributed by atoms with Crippen molar-refractivity contribution in [1.29, 1.82) is 0 Å². The number of hydrogen-bond acceptors (Lipinski definition) is 2. The van der Waals surface area contributed by atoms with E-state index in [9.17, 15) is 0 Å². The third-order valence-corrected chi connectivity index (χ3v) is 2.16. The maximum absolute atomic E-state index is 3.25. The molecule has 2 N–H and O–H groups in total. The van der Waals surface area contributed by atoms with Crippen molar-refractivity contribution in [2.24, 2.45) is 0 Å². The molecule has 0 saturated heterocycles. The highest BCUT2D eigenvalue weighted by atomic mass is 15.1. The van der Waals surface area contributed by atoms with Crippen molar-refractivity contribution in [2.75, 3.05) is 14.1 Å². The zero-order valence-corrected chi connectivity index (χ0v) is 5.78. The molecule has 1 fully saturated rings. The highest BCUT2D eigenvalue weighted by Gasteiger charge is 2.47. The van der Waals surface area contributed by atoms with Crippen LogP contribution in [0.1, 0.15) is 13.3 Å². The third-order valence-electron chi connectivity index (χ3n) is 2.16. The smallest absolute Gasteiger partial charge is 0.0320 e. The van der Waals surface area contributed by atoms with E-state index in [1.54, 1.807) is 0 Å². The second-order valence-corrected chi connectivity index (χ2v) is 2.71. The largest absolute Gasteiger partial charge is 0.315 e. The quantitative estimate of drug-likeness (QED) is 0.526. The molecular formula is C6H14N2. The summed E-state index contributed by atoms with van der Waals surface area (Å²) in [6, 6.07) is 0.701. The topological polar surface area (TPSA) is 24.1 Å². The first-order valence-electron chi connectivity index (χ1n) is 3.09. The van der Waals surface area contributed by atoms with Crippen LogP contribution in [0, 0.1) is 0 Å². The van der Waals surface area contributed by atoms with Gasteiger partial charge in [0.2, 0.25) is 0 Å². The first-order valence-corrected chi connectivity index (χ1v) is 3.09. The Balaban J connectivity index is 2.31. The van der Waals surface area contributed by atoms with E-state index in [4.69, 9.17) is 0 Å². The molecule has 0 amide bonds. The highest BCUT2D eigenvalue weighted by Crippen LogP contribution is 2.34. The fraction of sp³-hybridized carbons (Fsp3) is 1.00. The summed E-state index contributed by atoms with van der Waals surface area (Å²) < 4.78 is 0. The Morgan fingerprint density at radius 3 is 2.25 bits per heavy atom. The van der Waals surface area contributed by atoms with Gasteiger partial charge in [-0.25, -0.2) is 0 Å². The van der Waals surface area contributed by atoms with Crippen molar-refractivity contribution in [2.45, 2.75) is 24.9 Å². The summed E-state index contributed by atoms with van der Waals surface area (Å²) in [7, 11) is 4.02. The molecular weight excluding hydrogens is 100 g/mol. The van der Waals surface area contributed by atoms with E-state index in [1.807, 2.05) is 14.1 Å². The molecule has 0 bridgehead atoms. The maximum atomic E-state index is 3.25. The van der Waals surface area contributed by atoms with Crippen LogP contribution < -0.4 is 10.6 Å². The van der Waals surface area contributed by atoms with Gasteiger partial charge in [0.05, 0.1) is 0 Å². The molecule has 2 heteroatoms. The van der Waals surface area contributed by atoms with Gasteiger partial charge in [-0.3, -0.25) is 0 Å². The Morgan fingerprint density at radius 1 is 1.50 bits per heavy atom. The van der Waals surface area contributed by atoms with Crippen LogP contribution in [0.4, 0.5) is 0 Å². The van der Waals surface area contributed by atoms with E-state index in [2.05, 4.69) is 17.6 Å². The standard InChI is InChI=1S/C6H14N2/c1-6(8-3)4-5(6)7-2/h5,7-8H,4H2,1-3H3/t5-,6-/m0/s1. The summed E-state index contributed by atoms with van der Waals surface area (Å²) in [5.74, 6) is 0. The van der Waals surface area contributed by atoms with Gasteiger partial charge >= 0.3 is 0 Å². The van der Waals surface area contributed by atoms with E-state index < -0.39 is 0 Å². The van der Waals surface area contributed by atoms with Crippen molar-refractivity contribution in [1.82, 2.24) is 10.6 Å². The van der Waals surface area contributed by atoms with Crippen LogP contribution in [0.15, 0.2) is 0 Å². The maximum Gasteiger partial charge on any atom is 0.0320 e. The molecule has 1 aliphatic carbocycles. The molecule has 0 heterocycles. The molecule has 0 aromatic rings. The summed E-state index contributed by atoms with van der Waals surface area (Å²) in [5.41, 5.74) is 0.398. The zero-order chi connectivity index (χ0) is 6.20. The fourth-order valence-electron chi connectivity index (χ4n) is 1.06. The average Bonchev–Trinajstić information content (AvgIpc) is 2.44. The number of rotatable bonds is 2. The summed E-state index contributed by atoms with van der Waals surface area (Å²) in [6.45, 7) is 2.23. The summed E-state index contributed by atoms with van der Waals surface area (Å²) in [5, 5.41) is 6.47. The van der Waals surface area contributed by atoms with Gasteiger partial charge in [0.25, 0.3) is 0 Å². The molecule has 0 spiro atoms. The summed E-state index contributed by atoms with van der Waals surface area (Å²) in [4.78, 5) is 0. The van der Waals surface area contributed by atoms with Gasteiger partial charge in [-0.05, 0) is 27.4 Å². The van der Waals surface area contributed by atoms with E-state index in [-0.39, 0.29) is 0 Å². The molecule has 0 aromatic heterocycles. The zero-order valence-electron chi connectivity index (χ0n) is 5.78. The van der Waals surface area contributed by atoms with Crippen molar-refractivity contribution in [3.05, 3.63) is 0 Å². The minimum Gasteiger partial charge on any atom is -0.315 e. The Kier molecular flexibility index (Phi) is 1.29. The molecule has 0 aromatic carbocycles. The molecule has 48 valence electrons. The van der Waals surface area contributed by atoms with Gasteiger partial charge in [0.1, 0.15) is 0 Å². The molecule has 0 radical (unpaired) electrons. The van der Waals surface area contributed by atoms with Crippen LogP contribution in [0.5, 0.6) is 0 Å². The Labute approximate surface area is 50.7 Å². The third kappa shape index (κ3) is 0.740. The van der Waals surface area contributed by atoms with Gasteiger partial charge in [-0.15, -0.1) is 0 Å². The van der Waals surface area contributed by atoms with Gasteiger partial charge in [-0.1, -0.05) is 0 Å². The normalized spacial score (nSPS) is 44.6. The first kappa shape index (κ1) is 6.05. The molecule has 1 aliphatic rings. The van der Waals surface area contributed by atoms with Gasteiger partial charge in [0, 0.05) is 11.6 Å². The second kappa shape index (κ2) is 1.71. The molecule has 8 heavy (non-hydrogen) atoms. The van der Waals surface area contributed by atoms with Crippen LogP contribution >= 0.6 is 0 Å². The van der Waals surface area contributed by atoms with Crippen LogP contribution in [-0.2, 0) is 0 Å². The first-order chi connectivity index (χ1) is 3.73. The van der Waals surface area contributed by atoms with Crippen molar-refractivity contribution >= 4 is 0 Å². The van der Waals surface area contributed by atoms with Gasteiger partial charge in [-0.2, -0.15) is 0 Å². The van der Waals surface area contributed by atoms with Crippen LogP contribution in [0.3, 0.4) is 0 Å². The van der Waals surface area contributed by atoms with Crippen molar-refractivity contribution in [3.8, 4) is 0 Å². The van der Waals surface area contributed by atoms with E-state index in [0.717, 1.165) is 0 Å². The van der Waals surface area contributed by atoms with Gasteiger partial charge in [0.15, 0.2) is 0 Å². The van der Waals surface area contributed by atoms with Crippen molar-refractivity contribution in [3.63, 3.8) is 0 Å². The predicted molar refractivity (Wildman–Crippen MR) is 34.9 cm³/mol. The molecule has 0 aliphatic heterocycles. The molecule has 1 saturated carbocycles. The monoisotopic (exact) mass is 114 g/mol. The van der Waals surface area contributed by atoms with Crippen LogP contribution in [0.25, 0.3) is 0 Å². The minimum absolute atomic E-state index is 0.398. The molecule has 2 atom stereocenters. The lowest BCUT2D eigenvalue weighted by atomic mass is 10.3. The van der Waals surface area contributed by atoms with Gasteiger partial charge < -0.3 is 10.6 Å². The Hall–Kier alpha value is -0.0800. The molecule has 1 rings (SSSR count). The lowest BCUT2D eigenvalue weighted by Gasteiger charge is -2.06. The Morgan fingerprint density at radius 2 is 2.12 bits per heavy atom. The van der Waals surface area contributed by atoms with Crippen molar-refractivity contribution < 1.29 is 0 Å². The van der Waals surface area contributed by atoms with E-state index in [0.29, 0.717) is 11.6 Å². The highest BCUT2D eigenvalue weighted by molar-refractivity contribution is 5.11. The number of likely N-dealkylation sites (N-methyl/N-ethyl adjacent to an activating group) is 2. The number of hydrogen-bond donors (Lipinski definition) is 2. The molecule has 0 unspecified atom stereocenters. The van der Waals surface area contributed by atoms with Crippen LogP contribution in [-0.4, -0.2) is 25.7 Å². The number of nitrogens with one attached hydrogen (secondary N) is 2. The molecule has 2 nitrogen and oxygen atoms in total. The Bertz CT molecular complexity index is 92.5. The lowest BCUT2D eigenvalue weighted by Crippen LogP contribution is -2.32. The second-order valence-electron chi connectivity index (χ2n) is 2.71. The lowest BCUT2D eigenvalue weighted by molar-refractivity contribution is 0.554. The van der Waals surface area contributed by atoms with E-state index in [1.165, 1.54) is 6.42 Å². The average molecular weight is 114 g/mol. The summed E-state index contributed by atoms with van der Waals surface area (Å²) in [6.07, 6.45) is 1.26. The fourth-order valence-corrected chi connectivity index (χ4v) is 1.06. The van der Waals surface area contributed by atoms with E-state index >= 15 is 0 Å². The minimum atomic E-state index is 0.398.